The van der Waals surface area contributed by atoms with E-state index in [1.165, 1.54) is 44.6 Å². The van der Waals surface area contributed by atoms with Crippen molar-refractivity contribution in [2.24, 2.45) is 5.92 Å². The first kappa shape index (κ1) is 26.9. The van der Waals surface area contributed by atoms with E-state index in [1.54, 1.807) is 6.92 Å². The van der Waals surface area contributed by atoms with E-state index in [0.717, 1.165) is 7.11 Å². The molecule has 2 aliphatic rings. The van der Waals surface area contributed by atoms with Crippen molar-refractivity contribution in [1.29, 1.82) is 0 Å². The lowest BCUT2D eigenvalue weighted by Crippen LogP contribution is -2.53. The number of non-ortho nitro benzene ring substituents is 1. The number of Topliss-reactive ketones (excluding diaryl/α,β-unsaturated/α-hetero) is 2. The molecule has 1 spiro atoms. The Morgan fingerprint density at radius 3 is 2.39 bits per heavy atom. The van der Waals surface area contributed by atoms with Gasteiger partial charge in [-0.15, -0.1) is 0 Å². The maximum Gasteiger partial charge on any atom is 0.306 e. The molecule has 1 heterocycles. The Labute approximate surface area is 222 Å². The van der Waals surface area contributed by atoms with Gasteiger partial charge in [-0.05, 0) is 5.56 Å². The molecule has 0 unspecified atom stereocenters. The first-order chi connectivity index (χ1) is 18.0. The number of halogens is 1. The third-order valence-corrected chi connectivity index (χ3v) is 7.32. The molecule has 0 amide bonds. The highest BCUT2D eigenvalue weighted by Crippen LogP contribution is 2.55. The van der Waals surface area contributed by atoms with E-state index < -0.39 is 45.7 Å². The van der Waals surface area contributed by atoms with Crippen molar-refractivity contribution in [3.8, 4) is 17.2 Å². The van der Waals surface area contributed by atoms with Crippen molar-refractivity contribution in [3.63, 3.8) is 0 Å². The zero-order valence-electron chi connectivity index (χ0n) is 20.9. The summed E-state index contributed by atoms with van der Waals surface area (Å²) in [7, 11) is 3.88. The van der Waals surface area contributed by atoms with E-state index in [0.29, 0.717) is 5.56 Å². The summed E-state index contributed by atoms with van der Waals surface area (Å²) in [4.78, 5) is 50.2. The molecule has 200 valence electrons. The second kappa shape index (κ2) is 9.97. The number of rotatable bonds is 7. The Hall–Kier alpha value is -4.12. The largest absolute Gasteiger partial charge is 0.507 e. The van der Waals surface area contributed by atoms with E-state index >= 15 is 0 Å². The Morgan fingerprint density at radius 2 is 1.84 bits per heavy atom. The van der Waals surface area contributed by atoms with Crippen molar-refractivity contribution >= 4 is 34.8 Å². The standard InChI is InChI=1S/C26H24ClNO10/c1-12-9-16(29)20(15(10-19(30)37-4)13-5-7-14(8-6-13)28(33)34)24(31)26(12)25(32)21-17(35-2)11-18(36-3)22(27)23(21)38-26/h5-8,11-12,15,31H,9-10H2,1-4H3/t12-,15-,26+/m1/s1. The van der Waals surface area contributed by atoms with Crippen LogP contribution in [0.4, 0.5) is 5.69 Å². The number of ketones is 2. The molecule has 1 aliphatic heterocycles. The maximum atomic E-state index is 14.0. The van der Waals surface area contributed by atoms with Crippen LogP contribution in [-0.4, -0.2) is 54.5 Å². The molecule has 0 radical (unpaired) electrons. The number of carbonyl (C=O) groups is 3. The molecule has 0 saturated carbocycles. The lowest BCUT2D eigenvalue weighted by atomic mass is 9.69. The quantitative estimate of drug-likeness (QED) is 0.302. The number of carbonyl (C=O) groups excluding carboxylic acids is 3. The van der Waals surface area contributed by atoms with Crippen LogP contribution >= 0.6 is 11.6 Å². The van der Waals surface area contributed by atoms with Crippen LogP contribution in [0.15, 0.2) is 41.7 Å². The molecule has 4 rings (SSSR count). The number of fused-ring (bicyclic) bond motifs is 1. The minimum absolute atomic E-state index is 0.0199. The van der Waals surface area contributed by atoms with E-state index in [1.807, 2.05) is 0 Å². The molecular formula is C26H24ClNO10. The maximum absolute atomic E-state index is 14.0. The van der Waals surface area contributed by atoms with Gasteiger partial charge in [0.2, 0.25) is 11.4 Å². The van der Waals surface area contributed by atoms with Gasteiger partial charge in [0.25, 0.3) is 5.69 Å². The third kappa shape index (κ3) is 4.03. The number of benzene rings is 2. The lowest BCUT2D eigenvalue weighted by Gasteiger charge is -2.38. The van der Waals surface area contributed by atoms with E-state index in [4.69, 9.17) is 30.5 Å². The van der Waals surface area contributed by atoms with Gasteiger partial charge in [-0.2, -0.15) is 0 Å². The number of allylic oxidation sites excluding steroid dienone is 1. The Balaban J connectivity index is 1.94. The van der Waals surface area contributed by atoms with Gasteiger partial charge in [0.15, 0.2) is 17.3 Å². The molecular weight excluding hydrogens is 522 g/mol. The van der Waals surface area contributed by atoms with Crippen LogP contribution in [0.3, 0.4) is 0 Å². The fourth-order valence-electron chi connectivity index (χ4n) is 5.00. The van der Waals surface area contributed by atoms with Crippen LogP contribution in [0, 0.1) is 16.0 Å². The second-order valence-electron chi connectivity index (χ2n) is 8.94. The lowest BCUT2D eigenvalue weighted by molar-refractivity contribution is -0.384. The number of aliphatic hydroxyl groups excluding tert-OH is 1. The summed E-state index contributed by atoms with van der Waals surface area (Å²) in [5.74, 6) is -4.29. The average molecular weight is 546 g/mol. The number of nitro benzene ring substituents is 1. The number of hydrogen-bond donors (Lipinski definition) is 1. The summed E-state index contributed by atoms with van der Waals surface area (Å²) in [5, 5.41) is 22.8. The summed E-state index contributed by atoms with van der Waals surface area (Å²) in [6.07, 6.45) is -0.593. The predicted octanol–water partition coefficient (Wildman–Crippen LogP) is 4.35. The Bertz CT molecular complexity index is 1380. The van der Waals surface area contributed by atoms with E-state index in [-0.39, 0.29) is 51.9 Å². The van der Waals surface area contributed by atoms with Gasteiger partial charge in [0.1, 0.15) is 22.1 Å². The molecule has 1 aliphatic carbocycles. The molecule has 12 heteroatoms. The van der Waals surface area contributed by atoms with E-state index in [2.05, 4.69) is 0 Å². The SMILES string of the molecule is COC(=O)C[C@@H](C1=C(O)[C@@]2(Oc3c(Cl)c(OC)cc(OC)c3C2=O)[C@H](C)CC1=O)c1ccc([N+](=O)[O-])cc1. The zero-order valence-corrected chi connectivity index (χ0v) is 21.7. The van der Waals surface area contributed by atoms with Crippen LogP contribution in [0.2, 0.25) is 5.02 Å². The summed E-state index contributed by atoms with van der Waals surface area (Å²) in [5.41, 5.74) is -2.18. The molecule has 2 aromatic carbocycles. The number of aliphatic hydroxyl groups is 1. The fraction of sp³-hybridized carbons (Fsp3) is 0.346. The highest BCUT2D eigenvalue weighted by molar-refractivity contribution is 6.35. The topological polar surface area (TPSA) is 152 Å². The minimum atomic E-state index is -2.04. The van der Waals surface area contributed by atoms with Crippen molar-refractivity contribution < 1.29 is 43.4 Å². The van der Waals surface area contributed by atoms with Crippen molar-refractivity contribution in [1.82, 2.24) is 0 Å². The van der Waals surface area contributed by atoms with Gasteiger partial charge in [-0.3, -0.25) is 24.5 Å². The molecule has 1 N–H and O–H groups in total. The Kier molecular flexibility index (Phi) is 7.07. The zero-order chi connectivity index (χ0) is 27.9. The van der Waals surface area contributed by atoms with E-state index in [9.17, 15) is 29.6 Å². The molecule has 0 saturated heterocycles. The van der Waals surface area contributed by atoms with Crippen molar-refractivity contribution in [2.45, 2.75) is 31.3 Å². The van der Waals surface area contributed by atoms with Gasteiger partial charge in [-0.25, -0.2) is 0 Å². The van der Waals surface area contributed by atoms with Gasteiger partial charge in [0, 0.05) is 42.0 Å². The smallest absolute Gasteiger partial charge is 0.306 e. The number of hydrogen-bond acceptors (Lipinski definition) is 10. The normalized spacial score (nSPS) is 21.1. The molecule has 0 fully saturated rings. The first-order valence-electron chi connectivity index (χ1n) is 11.5. The van der Waals surface area contributed by atoms with Crippen LogP contribution in [0.5, 0.6) is 17.2 Å². The van der Waals surface area contributed by atoms with Gasteiger partial charge < -0.3 is 24.1 Å². The number of nitrogens with zero attached hydrogens (tertiary/aromatic N) is 1. The first-order valence-corrected chi connectivity index (χ1v) is 11.9. The third-order valence-electron chi connectivity index (χ3n) is 6.96. The van der Waals surface area contributed by atoms with Crippen molar-refractivity contribution in [2.75, 3.05) is 21.3 Å². The molecule has 0 aromatic heterocycles. The highest BCUT2D eigenvalue weighted by Gasteiger charge is 2.61. The summed E-state index contributed by atoms with van der Waals surface area (Å²) >= 11 is 6.46. The van der Waals surface area contributed by atoms with Crippen LogP contribution in [0.1, 0.15) is 41.6 Å². The molecule has 11 nitrogen and oxygen atoms in total. The molecule has 2 aromatic rings. The number of methoxy groups -OCH3 is 3. The Morgan fingerprint density at radius 1 is 1.21 bits per heavy atom. The van der Waals surface area contributed by atoms with Crippen LogP contribution in [0.25, 0.3) is 0 Å². The van der Waals surface area contributed by atoms with Gasteiger partial charge in [0.05, 0.1) is 32.7 Å². The van der Waals surface area contributed by atoms with Crippen LogP contribution < -0.4 is 14.2 Å². The van der Waals surface area contributed by atoms with Gasteiger partial charge >= 0.3 is 5.97 Å². The molecule has 3 atom stereocenters. The van der Waals surface area contributed by atoms with Crippen molar-refractivity contribution in [3.05, 3.63) is 67.9 Å². The second-order valence-corrected chi connectivity index (χ2v) is 9.32. The number of ether oxygens (including phenoxy) is 4. The summed E-state index contributed by atoms with van der Waals surface area (Å²) in [6, 6.07) is 6.60. The van der Waals surface area contributed by atoms with Crippen LogP contribution in [-0.2, 0) is 14.3 Å². The van der Waals surface area contributed by atoms with Gasteiger partial charge in [-0.1, -0.05) is 30.7 Å². The summed E-state index contributed by atoms with van der Waals surface area (Å²) in [6.45, 7) is 1.58. The number of esters is 1. The average Bonchev–Trinajstić information content (AvgIpc) is 3.22. The summed E-state index contributed by atoms with van der Waals surface area (Å²) < 4.78 is 21.6. The molecule has 38 heavy (non-hydrogen) atoms. The monoisotopic (exact) mass is 545 g/mol. The minimum Gasteiger partial charge on any atom is -0.507 e. The highest BCUT2D eigenvalue weighted by atomic mass is 35.5. The predicted molar refractivity (Wildman–Crippen MR) is 133 cm³/mol. The molecule has 0 bridgehead atoms. The fourth-order valence-corrected chi connectivity index (χ4v) is 5.27. The number of nitro groups is 1.